The van der Waals surface area contributed by atoms with Crippen LogP contribution in [-0.4, -0.2) is 5.91 Å². The summed E-state index contributed by atoms with van der Waals surface area (Å²) < 4.78 is 5.13. The molecule has 1 aromatic heterocycles. The number of hydrogen-bond donors (Lipinski definition) is 1. The van der Waals surface area contributed by atoms with Gasteiger partial charge >= 0.3 is 5.63 Å². The molecule has 1 aliphatic rings. The maximum Gasteiger partial charge on any atom is 0.349 e. The summed E-state index contributed by atoms with van der Waals surface area (Å²) in [6, 6.07) is 8.65. The fourth-order valence-electron chi connectivity index (χ4n) is 1.97. The van der Waals surface area contributed by atoms with Gasteiger partial charge in [-0.2, -0.15) is 0 Å². The van der Waals surface area contributed by atoms with E-state index in [0.717, 1.165) is 11.1 Å². The van der Waals surface area contributed by atoms with Crippen molar-refractivity contribution in [3.63, 3.8) is 0 Å². The molecule has 0 saturated heterocycles. The quantitative estimate of drug-likeness (QED) is 0.836. The summed E-state index contributed by atoms with van der Waals surface area (Å²) in [5, 5.41) is 3.43. The van der Waals surface area contributed by atoms with Gasteiger partial charge in [-0.3, -0.25) is 4.79 Å². The van der Waals surface area contributed by atoms with Crippen LogP contribution in [0.2, 0.25) is 0 Å². The Morgan fingerprint density at radius 3 is 2.89 bits per heavy atom. The lowest BCUT2D eigenvalue weighted by molar-refractivity contribution is 0.0962. The largest absolute Gasteiger partial charge is 0.422 e. The summed E-state index contributed by atoms with van der Waals surface area (Å²) >= 11 is 0. The van der Waals surface area contributed by atoms with Crippen LogP contribution in [0.5, 0.6) is 0 Å². The number of amides is 1. The number of hydrogen-bond acceptors (Lipinski definition) is 3. The third-order valence-corrected chi connectivity index (χ3v) is 2.93. The molecule has 0 bridgehead atoms. The van der Waals surface area contributed by atoms with Gasteiger partial charge < -0.3 is 9.73 Å². The third kappa shape index (κ3) is 2.20. The first-order valence-corrected chi connectivity index (χ1v) is 5.94. The van der Waals surface area contributed by atoms with Crippen molar-refractivity contribution in [2.45, 2.75) is 6.42 Å². The van der Waals surface area contributed by atoms with Crippen LogP contribution in [0, 0.1) is 0 Å². The van der Waals surface area contributed by atoms with Gasteiger partial charge in [0, 0.05) is 17.5 Å². The molecule has 1 amide bonds. The minimum Gasteiger partial charge on any atom is -0.422 e. The Hall–Kier alpha value is -2.62. The van der Waals surface area contributed by atoms with Crippen molar-refractivity contribution >= 4 is 16.9 Å². The third-order valence-electron chi connectivity index (χ3n) is 2.93. The molecule has 4 heteroatoms. The van der Waals surface area contributed by atoms with Gasteiger partial charge in [0.15, 0.2) is 0 Å². The predicted molar refractivity (Wildman–Crippen MR) is 71.8 cm³/mol. The van der Waals surface area contributed by atoms with E-state index in [9.17, 15) is 9.59 Å². The average Bonchev–Trinajstić information content (AvgIpc) is 2.90. The van der Waals surface area contributed by atoms with Gasteiger partial charge in [0.05, 0.1) is 0 Å². The number of carbonyl (C=O) groups excluding carboxylic acids is 1. The van der Waals surface area contributed by atoms with Gasteiger partial charge in [0.1, 0.15) is 11.1 Å². The predicted octanol–water partition coefficient (Wildman–Crippen LogP) is 2.37. The summed E-state index contributed by atoms with van der Waals surface area (Å²) in [7, 11) is 0. The fraction of sp³-hybridized carbons (Fsp3) is 0.0667. The summed E-state index contributed by atoms with van der Waals surface area (Å²) in [5.74, 6) is -0.436. The number of para-hydroxylation sites is 1. The molecule has 0 aliphatic heterocycles. The van der Waals surface area contributed by atoms with E-state index in [4.69, 9.17) is 4.42 Å². The van der Waals surface area contributed by atoms with Crippen LogP contribution in [0.3, 0.4) is 0 Å². The highest BCUT2D eigenvalue weighted by Crippen LogP contribution is 2.13. The van der Waals surface area contributed by atoms with Gasteiger partial charge in [0.25, 0.3) is 5.91 Å². The van der Waals surface area contributed by atoms with E-state index in [0.29, 0.717) is 12.0 Å². The molecule has 4 nitrogen and oxygen atoms in total. The number of rotatable bonds is 2. The monoisotopic (exact) mass is 253 g/mol. The van der Waals surface area contributed by atoms with Crippen molar-refractivity contribution in [3.8, 4) is 0 Å². The highest BCUT2D eigenvalue weighted by atomic mass is 16.4. The van der Waals surface area contributed by atoms with Gasteiger partial charge in [-0.15, -0.1) is 0 Å². The van der Waals surface area contributed by atoms with E-state index in [1.54, 1.807) is 30.3 Å². The highest BCUT2D eigenvalue weighted by molar-refractivity contribution is 5.97. The zero-order valence-electron chi connectivity index (χ0n) is 10.1. The molecule has 0 spiro atoms. The second-order valence-electron chi connectivity index (χ2n) is 4.26. The first-order valence-electron chi connectivity index (χ1n) is 5.94. The smallest absolute Gasteiger partial charge is 0.349 e. The van der Waals surface area contributed by atoms with Gasteiger partial charge in [0.2, 0.25) is 0 Å². The maximum absolute atomic E-state index is 12.0. The maximum atomic E-state index is 12.0. The van der Waals surface area contributed by atoms with Gasteiger partial charge in [-0.25, -0.2) is 4.79 Å². The lowest BCUT2D eigenvalue weighted by Gasteiger charge is -2.05. The first kappa shape index (κ1) is 11.5. The Bertz CT molecular complexity index is 768. The Labute approximate surface area is 109 Å². The van der Waals surface area contributed by atoms with Crippen molar-refractivity contribution in [1.29, 1.82) is 0 Å². The number of carbonyl (C=O) groups is 1. The van der Waals surface area contributed by atoms with Crippen molar-refractivity contribution in [2.75, 3.05) is 0 Å². The molecule has 2 aromatic rings. The number of nitrogens with one attached hydrogen (secondary N) is 1. The standard InChI is InChI=1S/C15H11NO3/c17-14(16-11-6-2-3-7-11)12-9-10-5-1-4-8-13(10)19-15(12)18/h1-6,8-9H,7H2,(H,16,17). The molecule has 0 unspecified atom stereocenters. The van der Waals surface area contributed by atoms with E-state index in [-0.39, 0.29) is 5.56 Å². The fourth-order valence-corrected chi connectivity index (χ4v) is 1.97. The molecule has 94 valence electrons. The Kier molecular flexibility index (Phi) is 2.76. The number of benzene rings is 1. The van der Waals surface area contributed by atoms with Crippen LogP contribution in [0.15, 0.2) is 63.5 Å². The summed E-state index contributed by atoms with van der Waals surface area (Å²) in [6.07, 6.45) is 6.27. The summed E-state index contributed by atoms with van der Waals surface area (Å²) in [6.45, 7) is 0. The van der Waals surface area contributed by atoms with E-state index in [1.807, 2.05) is 18.2 Å². The van der Waals surface area contributed by atoms with Crippen LogP contribution >= 0.6 is 0 Å². The Morgan fingerprint density at radius 2 is 2.11 bits per heavy atom. The number of fused-ring (bicyclic) bond motifs is 1. The molecule has 0 radical (unpaired) electrons. The van der Waals surface area contributed by atoms with Crippen LogP contribution in [0.25, 0.3) is 11.0 Å². The van der Waals surface area contributed by atoms with E-state index in [1.165, 1.54) is 0 Å². The molecule has 0 fully saturated rings. The zero-order chi connectivity index (χ0) is 13.2. The molecule has 0 atom stereocenters. The van der Waals surface area contributed by atoms with Crippen molar-refractivity contribution in [1.82, 2.24) is 5.32 Å². The minimum atomic E-state index is -0.622. The summed E-state index contributed by atoms with van der Waals surface area (Å²) in [4.78, 5) is 23.8. The van der Waals surface area contributed by atoms with Crippen LogP contribution < -0.4 is 10.9 Å². The van der Waals surface area contributed by atoms with E-state index < -0.39 is 11.5 Å². The minimum absolute atomic E-state index is 0.0199. The van der Waals surface area contributed by atoms with Crippen molar-refractivity contribution < 1.29 is 9.21 Å². The zero-order valence-corrected chi connectivity index (χ0v) is 10.1. The van der Waals surface area contributed by atoms with Gasteiger partial charge in [-0.05, 0) is 18.2 Å². The first-order chi connectivity index (χ1) is 9.24. The number of allylic oxidation sites excluding steroid dienone is 3. The molecule has 1 aliphatic carbocycles. The second-order valence-corrected chi connectivity index (χ2v) is 4.26. The van der Waals surface area contributed by atoms with Crippen LogP contribution in [-0.2, 0) is 0 Å². The SMILES string of the molecule is O=C(NC1=CC=CC1)c1cc2ccccc2oc1=O. The van der Waals surface area contributed by atoms with Gasteiger partial charge in [-0.1, -0.05) is 30.4 Å². The molecule has 3 rings (SSSR count). The van der Waals surface area contributed by atoms with Crippen LogP contribution in [0.1, 0.15) is 16.8 Å². The van der Waals surface area contributed by atoms with E-state index >= 15 is 0 Å². The topological polar surface area (TPSA) is 59.3 Å². The summed E-state index contributed by atoms with van der Waals surface area (Å²) in [5.41, 5.74) is 0.651. The van der Waals surface area contributed by atoms with E-state index in [2.05, 4.69) is 5.32 Å². The average molecular weight is 253 g/mol. The second kappa shape index (κ2) is 4.57. The molecule has 1 N–H and O–H groups in total. The molecule has 1 aromatic carbocycles. The lowest BCUT2D eigenvalue weighted by atomic mass is 10.2. The normalized spacial score (nSPS) is 13.6. The van der Waals surface area contributed by atoms with Crippen LogP contribution in [0.4, 0.5) is 0 Å². The molecule has 1 heterocycles. The lowest BCUT2D eigenvalue weighted by Crippen LogP contribution is -2.27. The Morgan fingerprint density at radius 1 is 1.26 bits per heavy atom. The molecule has 19 heavy (non-hydrogen) atoms. The molecular weight excluding hydrogens is 242 g/mol. The highest BCUT2D eigenvalue weighted by Gasteiger charge is 2.14. The van der Waals surface area contributed by atoms with Crippen molar-refractivity contribution in [3.05, 3.63) is 70.2 Å². The molecular formula is C15H11NO3. The van der Waals surface area contributed by atoms with Crippen molar-refractivity contribution in [2.24, 2.45) is 0 Å². The Balaban J connectivity index is 1.97. The molecule has 0 saturated carbocycles.